The zero-order valence-electron chi connectivity index (χ0n) is 15.3. The Labute approximate surface area is 158 Å². The van der Waals surface area contributed by atoms with Gasteiger partial charge in [-0.05, 0) is 55.7 Å². The summed E-state index contributed by atoms with van der Waals surface area (Å²) in [5.41, 5.74) is 3.98. The van der Waals surface area contributed by atoms with Crippen LogP contribution in [0.25, 0.3) is 0 Å². The van der Waals surface area contributed by atoms with Crippen LogP contribution in [0, 0.1) is 12.7 Å². The molecule has 0 aliphatic carbocycles. The van der Waals surface area contributed by atoms with E-state index >= 15 is 0 Å². The fourth-order valence-corrected chi connectivity index (χ4v) is 3.82. The van der Waals surface area contributed by atoms with E-state index in [1.807, 2.05) is 19.1 Å². The first kappa shape index (κ1) is 17.5. The first-order chi connectivity index (χ1) is 13.0. The third kappa shape index (κ3) is 3.39. The maximum absolute atomic E-state index is 13.1. The van der Waals surface area contributed by atoms with Crippen molar-refractivity contribution in [1.82, 2.24) is 4.90 Å². The van der Waals surface area contributed by atoms with Crippen LogP contribution in [0.15, 0.2) is 42.5 Å². The molecular formula is C21H22FN3O2. The first-order valence-corrected chi connectivity index (χ1v) is 9.25. The molecule has 3 amide bonds. The van der Waals surface area contributed by atoms with Crippen molar-refractivity contribution >= 4 is 23.3 Å². The third-order valence-corrected chi connectivity index (χ3v) is 5.21. The predicted octanol–water partition coefficient (Wildman–Crippen LogP) is 3.36. The standard InChI is InChI=1S/C21H22FN3O2/c1-15-4-9-19-16(13-15)3-2-10-25(19)20(26)14-23-11-12-24(21(23)27)18-7-5-17(22)6-8-18/h4-9,13H,2-3,10-12,14H2,1H3. The monoisotopic (exact) mass is 367 g/mol. The zero-order chi connectivity index (χ0) is 19.0. The Morgan fingerprint density at radius 2 is 1.85 bits per heavy atom. The number of carbonyl (C=O) groups is 2. The lowest BCUT2D eigenvalue weighted by atomic mass is 9.99. The van der Waals surface area contributed by atoms with Crippen molar-refractivity contribution in [3.05, 3.63) is 59.4 Å². The van der Waals surface area contributed by atoms with Gasteiger partial charge in [0.1, 0.15) is 12.4 Å². The highest BCUT2D eigenvalue weighted by molar-refractivity contribution is 6.01. The summed E-state index contributed by atoms with van der Waals surface area (Å²) in [4.78, 5) is 30.5. The summed E-state index contributed by atoms with van der Waals surface area (Å²) >= 11 is 0. The Kier molecular flexibility index (Phi) is 4.56. The van der Waals surface area contributed by atoms with Gasteiger partial charge in [0.05, 0.1) is 0 Å². The van der Waals surface area contributed by atoms with Crippen LogP contribution < -0.4 is 9.80 Å². The minimum Gasteiger partial charge on any atom is -0.313 e. The summed E-state index contributed by atoms with van der Waals surface area (Å²) in [5, 5.41) is 0. The number of carbonyl (C=O) groups excluding carboxylic acids is 2. The fourth-order valence-electron chi connectivity index (χ4n) is 3.82. The van der Waals surface area contributed by atoms with Crippen LogP contribution in [0.5, 0.6) is 0 Å². The van der Waals surface area contributed by atoms with E-state index in [2.05, 4.69) is 6.07 Å². The molecule has 27 heavy (non-hydrogen) atoms. The first-order valence-electron chi connectivity index (χ1n) is 9.25. The molecule has 2 aliphatic heterocycles. The van der Waals surface area contributed by atoms with Crippen LogP contribution in [0.2, 0.25) is 0 Å². The predicted molar refractivity (Wildman–Crippen MR) is 103 cm³/mol. The second-order valence-electron chi connectivity index (χ2n) is 7.11. The minimum atomic E-state index is -0.337. The van der Waals surface area contributed by atoms with Gasteiger partial charge in [-0.2, -0.15) is 0 Å². The van der Waals surface area contributed by atoms with E-state index in [-0.39, 0.29) is 24.3 Å². The molecular weight excluding hydrogens is 345 g/mol. The van der Waals surface area contributed by atoms with Crippen LogP contribution in [-0.2, 0) is 11.2 Å². The molecule has 0 unspecified atom stereocenters. The molecule has 0 N–H and O–H groups in total. The second kappa shape index (κ2) is 7.02. The molecule has 0 bridgehead atoms. The summed E-state index contributed by atoms with van der Waals surface area (Å²) in [7, 11) is 0. The summed E-state index contributed by atoms with van der Waals surface area (Å²) in [6.45, 7) is 3.76. The smallest absolute Gasteiger partial charge is 0.313 e. The molecule has 0 aromatic heterocycles. The zero-order valence-corrected chi connectivity index (χ0v) is 15.3. The quantitative estimate of drug-likeness (QED) is 0.835. The third-order valence-electron chi connectivity index (χ3n) is 5.21. The summed E-state index contributed by atoms with van der Waals surface area (Å²) in [6, 6.07) is 11.8. The molecule has 0 spiro atoms. The van der Waals surface area contributed by atoms with E-state index in [0.717, 1.165) is 18.5 Å². The van der Waals surface area contributed by atoms with Crippen LogP contribution in [-0.4, -0.2) is 43.0 Å². The molecule has 0 atom stereocenters. The van der Waals surface area contributed by atoms with Gasteiger partial charge in [-0.15, -0.1) is 0 Å². The lowest BCUT2D eigenvalue weighted by molar-refractivity contribution is -0.119. The number of fused-ring (bicyclic) bond motifs is 1. The average Bonchev–Trinajstić information content (AvgIpc) is 3.02. The van der Waals surface area contributed by atoms with Gasteiger partial charge >= 0.3 is 6.03 Å². The fraction of sp³-hybridized carbons (Fsp3) is 0.333. The molecule has 0 radical (unpaired) electrons. The number of halogens is 1. The number of benzene rings is 2. The molecule has 2 heterocycles. The Balaban J connectivity index is 1.47. The van der Waals surface area contributed by atoms with Crippen molar-refractivity contribution in [3.8, 4) is 0 Å². The number of rotatable bonds is 3. The summed E-state index contributed by atoms with van der Waals surface area (Å²) in [6.07, 6.45) is 1.90. The number of nitrogens with zero attached hydrogens (tertiary/aromatic N) is 3. The van der Waals surface area contributed by atoms with Crippen LogP contribution in [0.1, 0.15) is 17.5 Å². The maximum Gasteiger partial charge on any atom is 0.325 e. The van der Waals surface area contributed by atoms with Gasteiger partial charge in [0.15, 0.2) is 0 Å². The molecule has 0 saturated carbocycles. The van der Waals surface area contributed by atoms with Gasteiger partial charge in [-0.25, -0.2) is 9.18 Å². The largest absolute Gasteiger partial charge is 0.325 e. The molecule has 6 heteroatoms. The Morgan fingerprint density at radius 3 is 2.63 bits per heavy atom. The molecule has 1 fully saturated rings. The molecule has 2 aromatic carbocycles. The Bertz CT molecular complexity index is 881. The van der Waals surface area contributed by atoms with Crippen molar-refractivity contribution in [1.29, 1.82) is 0 Å². The van der Waals surface area contributed by atoms with Crippen molar-refractivity contribution < 1.29 is 14.0 Å². The molecule has 4 rings (SSSR count). The number of hydrogen-bond donors (Lipinski definition) is 0. The van der Waals surface area contributed by atoms with Gasteiger partial charge < -0.3 is 9.80 Å². The normalized spacial score (nSPS) is 16.7. The van der Waals surface area contributed by atoms with Crippen molar-refractivity contribution in [3.63, 3.8) is 0 Å². The SMILES string of the molecule is Cc1ccc2c(c1)CCCN2C(=O)CN1CCN(c2ccc(F)cc2)C1=O. The van der Waals surface area contributed by atoms with Gasteiger partial charge in [-0.3, -0.25) is 9.69 Å². The Hall–Kier alpha value is -2.89. The highest BCUT2D eigenvalue weighted by Gasteiger charge is 2.33. The highest BCUT2D eigenvalue weighted by atomic mass is 19.1. The van der Waals surface area contributed by atoms with Gasteiger partial charge in [0.2, 0.25) is 5.91 Å². The van der Waals surface area contributed by atoms with Crippen molar-refractivity contribution in [2.24, 2.45) is 0 Å². The van der Waals surface area contributed by atoms with Gasteiger partial charge in [0, 0.05) is 31.0 Å². The van der Waals surface area contributed by atoms with Gasteiger partial charge in [-0.1, -0.05) is 17.7 Å². The topological polar surface area (TPSA) is 43.9 Å². The molecule has 2 aliphatic rings. The maximum atomic E-state index is 13.1. The van der Waals surface area contributed by atoms with E-state index in [9.17, 15) is 14.0 Å². The van der Waals surface area contributed by atoms with E-state index < -0.39 is 0 Å². The summed E-state index contributed by atoms with van der Waals surface area (Å²) < 4.78 is 13.1. The van der Waals surface area contributed by atoms with E-state index in [4.69, 9.17) is 0 Å². The Morgan fingerprint density at radius 1 is 1.07 bits per heavy atom. The summed E-state index contributed by atoms with van der Waals surface area (Å²) in [5.74, 6) is -0.398. The minimum absolute atomic E-state index is 0.0594. The average molecular weight is 367 g/mol. The second-order valence-corrected chi connectivity index (χ2v) is 7.11. The lowest BCUT2D eigenvalue weighted by Gasteiger charge is -2.31. The molecule has 2 aromatic rings. The van der Waals surface area contributed by atoms with E-state index in [1.165, 1.54) is 23.3 Å². The molecule has 5 nitrogen and oxygen atoms in total. The van der Waals surface area contributed by atoms with Crippen LogP contribution in [0.3, 0.4) is 0 Å². The van der Waals surface area contributed by atoms with Crippen LogP contribution in [0.4, 0.5) is 20.6 Å². The number of aryl methyl sites for hydroxylation is 2. The van der Waals surface area contributed by atoms with Crippen molar-refractivity contribution in [2.45, 2.75) is 19.8 Å². The van der Waals surface area contributed by atoms with E-state index in [0.29, 0.717) is 25.3 Å². The number of urea groups is 1. The van der Waals surface area contributed by atoms with Crippen LogP contribution >= 0.6 is 0 Å². The number of anilines is 2. The molecule has 140 valence electrons. The number of amides is 3. The number of hydrogen-bond acceptors (Lipinski definition) is 2. The van der Waals surface area contributed by atoms with E-state index in [1.54, 1.807) is 26.8 Å². The van der Waals surface area contributed by atoms with Crippen molar-refractivity contribution in [2.75, 3.05) is 36.0 Å². The molecule has 1 saturated heterocycles. The lowest BCUT2D eigenvalue weighted by Crippen LogP contribution is -2.44. The highest BCUT2D eigenvalue weighted by Crippen LogP contribution is 2.28. The van der Waals surface area contributed by atoms with Gasteiger partial charge in [0.25, 0.3) is 0 Å².